The van der Waals surface area contributed by atoms with Crippen LogP contribution in [0, 0.1) is 0 Å². The van der Waals surface area contributed by atoms with Crippen molar-refractivity contribution < 1.29 is 9.53 Å². The van der Waals surface area contributed by atoms with Gasteiger partial charge in [0.25, 0.3) is 5.91 Å². The molecule has 2 aromatic heterocycles. The number of amides is 1. The van der Waals surface area contributed by atoms with Crippen molar-refractivity contribution in [1.82, 2.24) is 19.4 Å². The second-order valence-corrected chi connectivity index (χ2v) is 9.75. The summed E-state index contributed by atoms with van der Waals surface area (Å²) in [6.45, 7) is 4.04. The summed E-state index contributed by atoms with van der Waals surface area (Å²) in [7, 11) is 0. The molecule has 1 amide bonds. The van der Waals surface area contributed by atoms with Crippen molar-refractivity contribution in [2.75, 3.05) is 26.2 Å². The van der Waals surface area contributed by atoms with Crippen LogP contribution in [0.3, 0.4) is 0 Å². The van der Waals surface area contributed by atoms with Gasteiger partial charge >= 0.3 is 0 Å². The smallest absolute Gasteiger partial charge is 0.253 e. The molecular formula is C27H32N4O2. The molecule has 2 aliphatic heterocycles. The molecule has 33 heavy (non-hydrogen) atoms. The molecule has 6 nitrogen and oxygen atoms in total. The quantitative estimate of drug-likeness (QED) is 0.575. The van der Waals surface area contributed by atoms with E-state index in [9.17, 15) is 4.79 Å². The Labute approximate surface area is 195 Å². The van der Waals surface area contributed by atoms with Crippen LogP contribution >= 0.6 is 0 Å². The molecule has 4 heterocycles. The molecule has 3 aromatic rings. The summed E-state index contributed by atoms with van der Waals surface area (Å²) in [5.41, 5.74) is 1.81. The first-order valence-electron chi connectivity index (χ1n) is 12.5. The van der Waals surface area contributed by atoms with Crippen LogP contribution in [-0.2, 0) is 0 Å². The van der Waals surface area contributed by atoms with Gasteiger partial charge in [-0.05, 0) is 68.5 Å². The maximum Gasteiger partial charge on any atom is 0.253 e. The Morgan fingerprint density at radius 1 is 0.909 bits per heavy atom. The molecule has 1 aromatic carbocycles. The molecule has 0 atom stereocenters. The van der Waals surface area contributed by atoms with Crippen LogP contribution in [0.4, 0.5) is 0 Å². The highest BCUT2D eigenvalue weighted by molar-refractivity contribution is 5.98. The van der Waals surface area contributed by atoms with Gasteiger partial charge in [0, 0.05) is 49.4 Å². The highest BCUT2D eigenvalue weighted by atomic mass is 16.5. The molecule has 172 valence electrons. The summed E-state index contributed by atoms with van der Waals surface area (Å²) in [5, 5.41) is 1.05. The summed E-state index contributed by atoms with van der Waals surface area (Å²) in [6.07, 6.45) is 13.0. The number of ether oxygens (including phenoxy) is 1. The Kier molecular flexibility index (Phi) is 5.54. The predicted octanol–water partition coefficient (Wildman–Crippen LogP) is 4.66. The van der Waals surface area contributed by atoms with Crippen LogP contribution in [0.25, 0.3) is 16.7 Å². The molecule has 1 aliphatic carbocycles. The molecule has 0 bridgehead atoms. The van der Waals surface area contributed by atoms with Gasteiger partial charge in [0.1, 0.15) is 17.7 Å². The van der Waals surface area contributed by atoms with Crippen LogP contribution in [0.1, 0.15) is 55.3 Å². The SMILES string of the molecule is O=C(c1ccc2c(ccn2-c2ccc(OC3CCN(C4CCCC4)CC3)cn2)c1)N1CCC1. The summed E-state index contributed by atoms with van der Waals surface area (Å²) in [5.74, 6) is 1.83. The number of piperidine rings is 1. The molecule has 0 N–H and O–H groups in total. The Balaban J connectivity index is 1.11. The molecule has 1 saturated carbocycles. The molecule has 3 aliphatic rings. The third-order valence-corrected chi connectivity index (χ3v) is 7.67. The highest BCUT2D eigenvalue weighted by Gasteiger charge is 2.28. The number of rotatable bonds is 5. The number of likely N-dealkylation sites (tertiary alicyclic amines) is 2. The van der Waals surface area contributed by atoms with Gasteiger partial charge in [-0.1, -0.05) is 12.8 Å². The average Bonchev–Trinajstić information content (AvgIpc) is 3.49. The van der Waals surface area contributed by atoms with Crippen LogP contribution in [0.5, 0.6) is 5.75 Å². The first-order chi connectivity index (χ1) is 16.2. The number of pyridine rings is 1. The Morgan fingerprint density at radius 3 is 2.42 bits per heavy atom. The molecule has 3 fully saturated rings. The van der Waals surface area contributed by atoms with E-state index in [1.165, 1.54) is 25.7 Å². The van der Waals surface area contributed by atoms with Crippen LogP contribution < -0.4 is 4.74 Å². The fourth-order valence-electron chi connectivity index (χ4n) is 5.58. The van der Waals surface area contributed by atoms with E-state index >= 15 is 0 Å². The summed E-state index contributed by atoms with van der Waals surface area (Å²) < 4.78 is 8.33. The topological polar surface area (TPSA) is 50.6 Å². The lowest BCUT2D eigenvalue weighted by Gasteiger charge is -2.35. The van der Waals surface area contributed by atoms with Crippen molar-refractivity contribution in [3.8, 4) is 11.6 Å². The number of benzene rings is 1. The van der Waals surface area contributed by atoms with Gasteiger partial charge in [-0.2, -0.15) is 0 Å². The van der Waals surface area contributed by atoms with Crippen LogP contribution in [-0.4, -0.2) is 63.6 Å². The zero-order valence-electron chi connectivity index (χ0n) is 19.2. The van der Waals surface area contributed by atoms with E-state index in [2.05, 4.69) is 14.5 Å². The fourth-order valence-corrected chi connectivity index (χ4v) is 5.58. The van der Waals surface area contributed by atoms with Gasteiger partial charge in [0.2, 0.25) is 0 Å². The number of carbonyl (C=O) groups is 1. The van der Waals surface area contributed by atoms with Crippen molar-refractivity contribution in [1.29, 1.82) is 0 Å². The number of hydrogen-bond donors (Lipinski definition) is 0. The molecule has 0 radical (unpaired) electrons. The average molecular weight is 445 g/mol. The van der Waals surface area contributed by atoms with E-state index in [-0.39, 0.29) is 12.0 Å². The lowest BCUT2D eigenvalue weighted by Crippen LogP contribution is -2.43. The van der Waals surface area contributed by atoms with Gasteiger partial charge in [-0.25, -0.2) is 4.98 Å². The minimum Gasteiger partial charge on any atom is -0.489 e. The van der Waals surface area contributed by atoms with Crippen molar-refractivity contribution >= 4 is 16.8 Å². The van der Waals surface area contributed by atoms with E-state index in [0.717, 1.165) is 79.5 Å². The largest absolute Gasteiger partial charge is 0.489 e. The fraction of sp³-hybridized carbons (Fsp3) is 0.481. The number of aromatic nitrogens is 2. The van der Waals surface area contributed by atoms with Gasteiger partial charge < -0.3 is 19.1 Å². The maximum atomic E-state index is 12.5. The Morgan fingerprint density at radius 2 is 1.73 bits per heavy atom. The van der Waals surface area contributed by atoms with Gasteiger partial charge in [0.05, 0.1) is 11.7 Å². The van der Waals surface area contributed by atoms with E-state index < -0.39 is 0 Å². The van der Waals surface area contributed by atoms with Crippen molar-refractivity contribution in [2.45, 2.75) is 57.1 Å². The normalized spacial score (nSPS) is 20.3. The van der Waals surface area contributed by atoms with E-state index in [0.29, 0.717) is 0 Å². The van der Waals surface area contributed by atoms with E-state index in [1.54, 1.807) is 0 Å². The molecular weight excluding hydrogens is 412 g/mol. The first kappa shape index (κ1) is 20.7. The Hall–Kier alpha value is -2.86. The Bertz CT molecular complexity index is 1120. The number of carbonyl (C=O) groups excluding carboxylic acids is 1. The van der Waals surface area contributed by atoms with Gasteiger partial charge in [0.15, 0.2) is 0 Å². The third kappa shape index (κ3) is 4.12. The van der Waals surface area contributed by atoms with Crippen LogP contribution in [0.2, 0.25) is 0 Å². The van der Waals surface area contributed by atoms with Crippen LogP contribution in [0.15, 0.2) is 48.8 Å². The van der Waals surface area contributed by atoms with E-state index in [4.69, 9.17) is 4.74 Å². The summed E-state index contributed by atoms with van der Waals surface area (Å²) in [4.78, 5) is 21.8. The van der Waals surface area contributed by atoms with Gasteiger partial charge in [-0.15, -0.1) is 0 Å². The number of fused-ring (bicyclic) bond motifs is 1. The predicted molar refractivity (Wildman–Crippen MR) is 129 cm³/mol. The molecule has 6 rings (SSSR count). The second kappa shape index (κ2) is 8.82. The van der Waals surface area contributed by atoms with Crippen molar-refractivity contribution in [2.24, 2.45) is 0 Å². The molecule has 0 spiro atoms. The third-order valence-electron chi connectivity index (χ3n) is 7.67. The van der Waals surface area contributed by atoms with Gasteiger partial charge in [-0.3, -0.25) is 4.79 Å². The zero-order valence-corrected chi connectivity index (χ0v) is 19.2. The molecule has 2 saturated heterocycles. The lowest BCUT2D eigenvalue weighted by atomic mass is 10.0. The number of nitrogens with zero attached hydrogens (tertiary/aromatic N) is 4. The second-order valence-electron chi connectivity index (χ2n) is 9.75. The van der Waals surface area contributed by atoms with E-state index in [1.807, 2.05) is 53.7 Å². The van der Waals surface area contributed by atoms with Crippen molar-refractivity contribution in [3.63, 3.8) is 0 Å². The summed E-state index contributed by atoms with van der Waals surface area (Å²) >= 11 is 0. The monoisotopic (exact) mass is 444 g/mol. The maximum absolute atomic E-state index is 12.5. The number of hydrogen-bond acceptors (Lipinski definition) is 4. The molecule has 0 unspecified atom stereocenters. The highest BCUT2D eigenvalue weighted by Crippen LogP contribution is 2.28. The lowest BCUT2D eigenvalue weighted by molar-refractivity contribution is 0.0652. The minimum atomic E-state index is 0.129. The molecule has 6 heteroatoms. The summed E-state index contributed by atoms with van der Waals surface area (Å²) in [6, 6.07) is 12.8. The standard InChI is InChI=1S/C27H32N4O2/c32-27(30-13-3-14-30)21-6-8-25-20(18-21)10-17-31(25)26-9-7-24(19-28-26)33-23-11-15-29(16-12-23)22-4-1-2-5-22/h6-10,17-19,22-23H,1-5,11-16H2. The van der Waals surface area contributed by atoms with Crippen molar-refractivity contribution in [3.05, 3.63) is 54.4 Å². The first-order valence-corrected chi connectivity index (χ1v) is 12.5. The minimum absolute atomic E-state index is 0.129. The zero-order chi connectivity index (χ0) is 22.2.